The van der Waals surface area contributed by atoms with Gasteiger partial charge in [0.25, 0.3) is 0 Å². The summed E-state index contributed by atoms with van der Waals surface area (Å²) in [6, 6.07) is 34.9. The molecule has 0 spiro atoms. The van der Waals surface area contributed by atoms with E-state index >= 15 is 0 Å². The number of aliphatic carboxylic acids is 3. The fourth-order valence-corrected chi connectivity index (χ4v) is 14.1. The minimum atomic E-state index is -1.33. The zero-order valence-electron chi connectivity index (χ0n) is 53.2. The lowest BCUT2D eigenvalue weighted by Crippen LogP contribution is -2.38. The number of ether oxygens (including phenoxy) is 5. The number of aryl methyl sites for hydroxylation is 6. The summed E-state index contributed by atoms with van der Waals surface area (Å²) in [6.07, 6.45) is 4.97. The van der Waals surface area contributed by atoms with Crippen molar-refractivity contribution in [1.82, 2.24) is 0 Å². The van der Waals surface area contributed by atoms with Crippen LogP contribution in [0.15, 0.2) is 115 Å². The molecule has 3 aromatic heterocycles. The summed E-state index contributed by atoms with van der Waals surface area (Å²) in [5.74, 6) is 0.858. The number of thiophene rings is 3. The van der Waals surface area contributed by atoms with Crippen LogP contribution >= 0.6 is 45.6 Å². The second-order valence-corrected chi connectivity index (χ2v) is 28.5. The Labute approximate surface area is 546 Å². The molecule has 14 nitrogen and oxygen atoms in total. The van der Waals surface area contributed by atoms with E-state index in [1.165, 1.54) is 75.6 Å². The number of carboxylic acids is 3. The number of carboxylic acid groups (broad SMARTS) is 3. The highest BCUT2D eigenvalue weighted by Crippen LogP contribution is 2.53. The van der Waals surface area contributed by atoms with Crippen LogP contribution in [-0.2, 0) is 14.4 Å². The molecule has 2 fully saturated rings. The quantitative estimate of drug-likeness (QED) is 0.0479. The van der Waals surface area contributed by atoms with E-state index in [0.29, 0.717) is 27.1 Å². The summed E-state index contributed by atoms with van der Waals surface area (Å²) in [7, 11) is 3.25. The average Bonchev–Trinajstić information content (AvgIpc) is 1.63. The fourth-order valence-electron chi connectivity index (χ4n) is 10.9. The predicted molar refractivity (Wildman–Crippen MR) is 362 cm³/mol. The van der Waals surface area contributed by atoms with Crippen LogP contribution < -0.4 is 23.7 Å². The Balaban J connectivity index is 0.000000162. The number of Topliss-reactive ketones (excluding diaryl/α,β-unsaturated/α-hetero) is 2. The molecule has 0 bridgehead atoms. The van der Waals surface area contributed by atoms with Crippen LogP contribution in [0.25, 0.3) is 36.3 Å². The van der Waals surface area contributed by atoms with E-state index < -0.39 is 34.7 Å². The third-order valence-corrected chi connectivity index (χ3v) is 19.9. The van der Waals surface area contributed by atoms with E-state index in [1.54, 1.807) is 26.4 Å². The summed E-state index contributed by atoms with van der Waals surface area (Å²) in [6.45, 7) is 20.6. The number of carbonyl (C=O) groups excluding carboxylic acids is 3. The number of hydrogen-bond donors (Lipinski definition) is 3. The molecule has 0 aliphatic heterocycles. The third kappa shape index (κ3) is 15.2. The molecule has 4 atom stereocenters. The van der Waals surface area contributed by atoms with Gasteiger partial charge in [-0.2, -0.15) is 0 Å². The lowest BCUT2D eigenvalue weighted by atomic mass is 10.00. The van der Waals surface area contributed by atoms with Crippen LogP contribution in [0.5, 0.6) is 28.7 Å². The van der Waals surface area contributed by atoms with Gasteiger partial charge in [0.15, 0.2) is 34.2 Å². The summed E-state index contributed by atoms with van der Waals surface area (Å²) in [5, 5.41) is 31.7. The van der Waals surface area contributed by atoms with Gasteiger partial charge in [-0.3, -0.25) is 14.4 Å². The topological polar surface area (TPSA) is 209 Å². The van der Waals surface area contributed by atoms with Gasteiger partial charge in [-0.25, -0.2) is 14.4 Å². The molecule has 9 aromatic rings. The summed E-state index contributed by atoms with van der Waals surface area (Å²) >= 11 is 10.5. The number of hydrogen-bond acceptors (Lipinski definition) is 14. The highest BCUT2D eigenvalue weighted by Gasteiger charge is 2.46. The maximum atomic E-state index is 13.1. The Morgan fingerprint density at radius 1 is 0.462 bits per heavy atom. The Morgan fingerprint density at radius 3 is 1.15 bits per heavy atom. The van der Waals surface area contributed by atoms with Crippen molar-refractivity contribution in [2.75, 3.05) is 14.2 Å². The average molecular weight is 1310 g/mol. The number of allylic oxidation sites excluding steroid dienone is 1. The molecule has 2 saturated carbocycles. The molecule has 0 radical (unpaired) electrons. The minimum Gasteiger partial charge on any atom is -0.497 e. The first-order valence-electron chi connectivity index (χ1n) is 29.5. The summed E-state index contributed by atoms with van der Waals surface area (Å²) < 4.78 is 31.0. The summed E-state index contributed by atoms with van der Waals surface area (Å²) in [4.78, 5) is 75.2. The van der Waals surface area contributed by atoms with E-state index in [4.69, 9.17) is 35.3 Å². The lowest BCUT2D eigenvalue weighted by Gasteiger charge is -2.24. The number of fused-ring (bicyclic) bond motifs is 3. The number of benzene rings is 6. The van der Waals surface area contributed by atoms with Crippen LogP contribution in [0.4, 0.5) is 0 Å². The largest absolute Gasteiger partial charge is 0.497 e. The molecule has 3 N–H and O–H groups in total. The molecule has 4 unspecified atom stereocenters. The van der Waals surface area contributed by atoms with Gasteiger partial charge >= 0.3 is 17.9 Å². The number of methoxy groups -OCH3 is 2. The monoisotopic (exact) mass is 1300 g/mol. The van der Waals surface area contributed by atoms with E-state index in [1.807, 2.05) is 151 Å². The van der Waals surface area contributed by atoms with Crippen LogP contribution in [0.2, 0.25) is 5.02 Å². The fraction of sp³-hybridized carbons (Fsp3) is 0.315. The molecular weight excluding hydrogens is 1230 g/mol. The van der Waals surface area contributed by atoms with Gasteiger partial charge in [-0.15, -0.1) is 34.0 Å². The number of halogens is 1. The first-order chi connectivity index (χ1) is 42.8. The molecule has 11 rings (SSSR count). The number of rotatable bonds is 20. The van der Waals surface area contributed by atoms with Crippen molar-refractivity contribution in [2.45, 2.75) is 125 Å². The molecule has 2 aliphatic carbocycles. The van der Waals surface area contributed by atoms with Gasteiger partial charge in [-0.05, 0) is 265 Å². The highest BCUT2D eigenvalue weighted by molar-refractivity contribution is 7.21. The van der Waals surface area contributed by atoms with Crippen molar-refractivity contribution >= 4 is 117 Å². The zero-order valence-corrected chi connectivity index (χ0v) is 56.4. The molecule has 18 heteroatoms. The Morgan fingerprint density at radius 2 is 0.791 bits per heavy atom. The first-order valence-corrected chi connectivity index (χ1v) is 32.4. The Hall–Kier alpha value is -8.35. The highest BCUT2D eigenvalue weighted by atomic mass is 35.5. The third-order valence-electron chi connectivity index (χ3n) is 16.3. The Bertz CT molecular complexity index is 4340. The first kappa shape index (κ1) is 67.1. The molecule has 0 saturated heterocycles. The smallest absolute Gasteiger partial charge is 0.347 e. The second kappa shape index (κ2) is 26.5. The molecular formula is C73H73ClO14S3. The Kier molecular flexibility index (Phi) is 19.5. The van der Waals surface area contributed by atoms with Gasteiger partial charge in [0.05, 0.1) is 28.9 Å². The van der Waals surface area contributed by atoms with Crippen molar-refractivity contribution in [3.05, 3.63) is 185 Å². The second-order valence-electron chi connectivity index (χ2n) is 24.8. The van der Waals surface area contributed by atoms with Crippen LogP contribution in [0.1, 0.15) is 145 Å². The number of carbonyl (C=O) groups is 6. The summed E-state index contributed by atoms with van der Waals surface area (Å²) in [5.41, 5.74) is 4.28. The van der Waals surface area contributed by atoms with Crippen molar-refractivity contribution in [2.24, 2.45) is 11.8 Å². The number of ketones is 3. The normalized spacial score (nSPS) is 16.1. The standard InChI is InChI=1S/C25H26O5S.C24H23ClO4S.C24H24O5S/c1-13-8-15(9-14(2)23(13)30-25(3,4)24(27)28)18-12-19(18)22(26)21-11-16-10-17(29-5)6-7-20(16)31-21;1-12-7-14(8-13(2)22(12)29-24(3,4)23(27)28)17-11-18(17)21(26)20-10-15-9-16(25)5-6-19(15)30-20;1-14-10-16(11-15(2)22(14)29-24(3,4)23(26)27)6-8-19(25)21-13-17-12-18(28-5)7-9-20(17)30-21/h6-11,18-19H,12H2,1-5H3,(H,27,28);5-10,17-18H,11H2,1-4H3,(H,27,28);6-13H,1-5H3,(H,26,27)/b;;8-6+. The predicted octanol–water partition coefficient (Wildman–Crippen LogP) is 17.8. The van der Waals surface area contributed by atoms with Gasteiger partial charge in [0, 0.05) is 31.0 Å². The molecule has 3 heterocycles. The van der Waals surface area contributed by atoms with Crippen LogP contribution in [0.3, 0.4) is 0 Å². The zero-order chi connectivity index (χ0) is 66.3. The maximum Gasteiger partial charge on any atom is 0.347 e. The van der Waals surface area contributed by atoms with Gasteiger partial charge in [0.1, 0.15) is 28.7 Å². The molecule has 0 amide bonds. The van der Waals surface area contributed by atoms with Crippen molar-refractivity contribution in [3.8, 4) is 28.7 Å². The van der Waals surface area contributed by atoms with Gasteiger partial charge < -0.3 is 39.0 Å². The molecule has 91 heavy (non-hydrogen) atoms. The van der Waals surface area contributed by atoms with Crippen LogP contribution in [0, 0.1) is 53.4 Å². The molecule has 474 valence electrons. The maximum absolute atomic E-state index is 13.1. The van der Waals surface area contributed by atoms with Gasteiger partial charge in [0.2, 0.25) is 0 Å². The van der Waals surface area contributed by atoms with Crippen molar-refractivity contribution < 1.29 is 67.8 Å². The van der Waals surface area contributed by atoms with E-state index in [9.17, 15) is 44.1 Å². The van der Waals surface area contributed by atoms with E-state index in [2.05, 4.69) is 0 Å². The van der Waals surface area contributed by atoms with E-state index in [0.717, 1.165) is 114 Å². The van der Waals surface area contributed by atoms with Crippen molar-refractivity contribution in [1.29, 1.82) is 0 Å². The van der Waals surface area contributed by atoms with Gasteiger partial charge in [-0.1, -0.05) is 41.9 Å². The SMILES string of the molecule is COc1ccc2sc(C(=O)/C=C/c3cc(C)c(OC(C)(C)C(=O)O)c(C)c3)cc2c1.COc1ccc2sc(C(=O)C3CC3c3cc(C)c(OC(C)(C)C(=O)O)c(C)c3)cc2c1.Cc1cc(C2CC2C(=O)c2cc3cc(Cl)ccc3s2)cc(C)c1OC(C)(C)C(=O)O. The minimum absolute atomic E-state index is 0.0176. The molecule has 6 aromatic carbocycles. The van der Waals surface area contributed by atoms with E-state index in [-0.39, 0.29) is 41.0 Å². The molecule has 2 aliphatic rings. The van der Waals surface area contributed by atoms with Crippen LogP contribution in [-0.4, -0.2) is 81.6 Å². The van der Waals surface area contributed by atoms with Crippen molar-refractivity contribution in [3.63, 3.8) is 0 Å². The lowest BCUT2D eigenvalue weighted by molar-refractivity contribution is -0.152.